The van der Waals surface area contributed by atoms with Crippen LogP contribution in [0.25, 0.3) is 0 Å². The summed E-state index contributed by atoms with van der Waals surface area (Å²) in [7, 11) is 3.60. The fourth-order valence-electron chi connectivity index (χ4n) is 1.59. The molecule has 0 radical (unpaired) electrons. The molecular formula is C7H14F2N2. The summed E-state index contributed by atoms with van der Waals surface area (Å²) in [6.45, 7) is 1.23. The Labute approximate surface area is 65.6 Å². The zero-order chi connectivity index (χ0) is 8.43. The highest BCUT2D eigenvalue weighted by molar-refractivity contribution is 4.87. The number of hydrogen-bond acceptors (Lipinski definition) is 2. The van der Waals surface area contributed by atoms with Crippen LogP contribution in [0.4, 0.5) is 8.78 Å². The summed E-state index contributed by atoms with van der Waals surface area (Å²) < 4.78 is 24.6. The SMILES string of the molecule is CNC1CN(C)CC1C(F)F. The van der Waals surface area contributed by atoms with Crippen LogP contribution in [0.2, 0.25) is 0 Å². The van der Waals surface area contributed by atoms with Gasteiger partial charge in [0.1, 0.15) is 0 Å². The predicted molar refractivity (Wildman–Crippen MR) is 39.8 cm³/mol. The predicted octanol–water partition coefficient (Wildman–Crippen LogP) is 0.401. The Morgan fingerprint density at radius 2 is 2.09 bits per heavy atom. The Kier molecular flexibility index (Phi) is 2.78. The number of nitrogens with zero attached hydrogens (tertiary/aromatic N) is 1. The topological polar surface area (TPSA) is 15.3 Å². The third kappa shape index (κ3) is 1.87. The zero-order valence-electron chi connectivity index (χ0n) is 6.85. The van der Waals surface area contributed by atoms with E-state index in [0.29, 0.717) is 6.54 Å². The van der Waals surface area contributed by atoms with Crippen LogP contribution in [-0.4, -0.2) is 44.6 Å². The number of alkyl halides is 2. The molecule has 4 heteroatoms. The molecule has 0 aliphatic carbocycles. The minimum Gasteiger partial charge on any atom is -0.315 e. The molecule has 1 N–H and O–H groups in total. The van der Waals surface area contributed by atoms with Gasteiger partial charge in [-0.2, -0.15) is 0 Å². The van der Waals surface area contributed by atoms with Crippen molar-refractivity contribution in [2.45, 2.75) is 12.5 Å². The van der Waals surface area contributed by atoms with Crippen molar-refractivity contribution in [2.24, 2.45) is 5.92 Å². The van der Waals surface area contributed by atoms with E-state index in [-0.39, 0.29) is 6.04 Å². The maximum absolute atomic E-state index is 12.3. The van der Waals surface area contributed by atoms with Crippen molar-refractivity contribution in [2.75, 3.05) is 27.2 Å². The van der Waals surface area contributed by atoms with Crippen molar-refractivity contribution < 1.29 is 8.78 Å². The van der Waals surface area contributed by atoms with Crippen molar-refractivity contribution in [1.82, 2.24) is 10.2 Å². The van der Waals surface area contributed by atoms with Gasteiger partial charge in [0.2, 0.25) is 6.43 Å². The van der Waals surface area contributed by atoms with Gasteiger partial charge >= 0.3 is 0 Å². The van der Waals surface area contributed by atoms with E-state index in [4.69, 9.17) is 0 Å². The number of hydrogen-bond donors (Lipinski definition) is 1. The van der Waals surface area contributed by atoms with Gasteiger partial charge in [0.15, 0.2) is 0 Å². The lowest BCUT2D eigenvalue weighted by Gasteiger charge is -2.15. The molecule has 1 aliphatic heterocycles. The van der Waals surface area contributed by atoms with Gasteiger partial charge in [-0.3, -0.25) is 0 Å². The van der Waals surface area contributed by atoms with Gasteiger partial charge in [-0.1, -0.05) is 0 Å². The van der Waals surface area contributed by atoms with E-state index < -0.39 is 12.3 Å². The molecule has 0 bridgehead atoms. The minimum absolute atomic E-state index is 0.0417. The molecule has 0 amide bonds. The van der Waals surface area contributed by atoms with Crippen LogP contribution in [0, 0.1) is 5.92 Å². The van der Waals surface area contributed by atoms with Gasteiger partial charge in [-0.15, -0.1) is 0 Å². The van der Waals surface area contributed by atoms with Gasteiger partial charge in [-0.25, -0.2) is 8.78 Å². The Hall–Kier alpha value is -0.220. The third-order valence-corrected chi connectivity index (χ3v) is 2.24. The van der Waals surface area contributed by atoms with Crippen LogP contribution in [-0.2, 0) is 0 Å². The summed E-state index contributed by atoms with van der Waals surface area (Å²) >= 11 is 0. The number of rotatable bonds is 2. The Balaban J connectivity index is 2.50. The van der Waals surface area contributed by atoms with Gasteiger partial charge < -0.3 is 10.2 Å². The lowest BCUT2D eigenvalue weighted by molar-refractivity contribution is 0.0714. The number of likely N-dealkylation sites (N-methyl/N-ethyl adjacent to an activating group) is 2. The molecule has 2 atom stereocenters. The lowest BCUT2D eigenvalue weighted by atomic mass is 10.1. The molecule has 0 spiro atoms. The van der Waals surface area contributed by atoms with Crippen molar-refractivity contribution in [3.63, 3.8) is 0 Å². The first-order valence-electron chi connectivity index (χ1n) is 3.79. The van der Waals surface area contributed by atoms with Gasteiger partial charge in [0.25, 0.3) is 0 Å². The summed E-state index contributed by atoms with van der Waals surface area (Å²) in [6.07, 6.45) is -2.20. The molecule has 0 saturated carbocycles. The molecule has 11 heavy (non-hydrogen) atoms. The van der Waals surface area contributed by atoms with Crippen LogP contribution in [0.5, 0.6) is 0 Å². The van der Waals surface area contributed by atoms with E-state index in [1.165, 1.54) is 0 Å². The van der Waals surface area contributed by atoms with E-state index in [2.05, 4.69) is 5.32 Å². The van der Waals surface area contributed by atoms with Crippen LogP contribution < -0.4 is 5.32 Å². The first kappa shape index (κ1) is 8.87. The number of likely N-dealkylation sites (tertiary alicyclic amines) is 1. The van der Waals surface area contributed by atoms with Crippen molar-refractivity contribution >= 4 is 0 Å². The van der Waals surface area contributed by atoms with E-state index in [1.54, 1.807) is 7.05 Å². The number of halogens is 2. The molecule has 2 nitrogen and oxygen atoms in total. The normalized spacial score (nSPS) is 33.5. The molecule has 1 aliphatic rings. The average molecular weight is 164 g/mol. The number of nitrogens with one attached hydrogen (secondary N) is 1. The smallest absolute Gasteiger partial charge is 0.244 e. The lowest BCUT2D eigenvalue weighted by Crippen LogP contribution is -2.36. The average Bonchev–Trinajstić information content (AvgIpc) is 2.30. The van der Waals surface area contributed by atoms with Crippen LogP contribution >= 0.6 is 0 Å². The minimum atomic E-state index is -2.20. The fourth-order valence-corrected chi connectivity index (χ4v) is 1.59. The Morgan fingerprint density at radius 1 is 1.45 bits per heavy atom. The second kappa shape index (κ2) is 3.45. The second-order valence-corrected chi connectivity index (χ2v) is 3.11. The van der Waals surface area contributed by atoms with E-state index >= 15 is 0 Å². The highest BCUT2D eigenvalue weighted by Gasteiger charge is 2.35. The van der Waals surface area contributed by atoms with Crippen molar-refractivity contribution in [3.8, 4) is 0 Å². The summed E-state index contributed by atoms with van der Waals surface area (Å²) in [5.74, 6) is -0.495. The summed E-state index contributed by atoms with van der Waals surface area (Å²) in [4.78, 5) is 1.93. The first-order chi connectivity index (χ1) is 5.15. The molecule has 1 heterocycles. The monoisotopic (exact) mass is 164 g/mol. The molecule has 1 saturated heterocycles. The van der Waals surface area contributed by atoms with Gasteiger partial charge in [-0.05, 0) is 14.1 Å². The zero-order valence-corrected chi connectivity index (χ0v) is 6.85. The fraction of sp³-hybridized carbons (Fsp3) is 1.00. The Bertz CT molecular complexity index is 130. The molecule has 66 valence electrons. The first-order valence-corrected chi connectivity index (χ1v) is 3.79. The van der Waals surface area contributed by atoms with Gasteiger partial charge in [0, 0.05) is 25.0 Å². The molecule has 0 aromatic heterocycles. The third-order valence-electron chi connectivity index (χ3n) is 2.24. The maximum atomic E-state index is 12.3. The van der Waals surface area contributed by atoms with Crippen LogP contribution in [0.3, 0.4) is 0 Å². The molecule has 0 aromatic carbocycles. The largest absolute Gasteiger partial charge is 0.315 e. The van der Waals surface area contributed by atoms with E-state index in [9.17, 15) is 8.78 Å². The van der Waals surface area contributed by atoms with E-state index in [1.807, 2.05) is 11.9 Å². The van der Waals surface area contributed by atoms with Gasteiger partial charge in [0.05, 0.1) is 0 Å². The Morgan fingerprint density at radius 3 is 2.45 bits per heavy atom. The summed E-state index contributed by atoms with van der Waals surface area (Å²) in [5, 5.41) is 2.90. The highest BCUT2D eigenvalue weighted by atomic mass is 19.3. The standard InChI is InChI=1S/C7H14F2N2/c1-10-6-4-11(2)3-5(6)7(8)9/h5-7,10H,3-4H2,1-2H3. The molecule has 2 unspecified atom stereocenters. The summed E-state index contributed by atoms with van der Waals surface area (Å²) in [6, 6.07) is -0.0417. The van der Waals surface area contributed by atoms with Crippen molar-refractivity contribution in [1.29, 1.82) is 0 Å². The maximum Gasteiger partial charge on any atom is 0.244 e. The molecule has 1 fully saturated rings. The summed E-state index contributed by atoms with van der Waals surface area (Å²) in [5.41, 5.74) is 0. The molecule has 0 aromatic rings. The van der Waals surface area contributed by atoms with Crippen molar-refractivity contribution in [3.05, 3.63) is 0 Å². The van der Waals surface area contributed by atoms with E-state index in [0.717, 1.165) is 6.54 Å². The molecule has 1 rings (SSSR count). The van der Waals surface area contributed by atoms with Crippen LogP contribution in [0.15, 0.2) is 0 Å². The second-order valence-electron chi connectivity index (χ2n) is 3.11. The van der Waals surface area contributed by atoms with Crippen LogP contribution in [0.1, 0.15) is 0 Å². The quantitative estimate of drug-likeness (QED) is 0.635. The molecular weight excluding hydrogens is 150 g/mol. The highest BCUT2D eigenvalue weighted by Crippen LogP contribution is 2.21.